The molecular formula is C19H18ClN3O2S. The standard InChI is InChI=1S/C19H18ClN3O2S/c1-12-2-3-13(10-15(12)20)18(24)22-19-21-16-5-4-14(11-17(16)26-19)23-6-8-25-9-7-23/h2-5,10-11H,6-9H2,1H3,(H,21,22,24). The normalized spacial score (nSPS) is 14.6. The summed E-state index contributed by atoms with van der Waals surface area (Å²) in [6.07, 6.45) is 0. The molecule has 1 aromatic heterocycles. The topological polar surface area (TPSA) is 54.5 Å². The summed E-state index contributed by atoms with van der Waals surface area (Å²) < 4.78 is 6.45. The van der Waals surface area contributed by atoms with Gasteiger partial charge in [0.25, 0.3) is 5.91 Å². The third-order valence-electron chi connectivity index (χ3n) is 4.40. The van der Waals surface area contributed by atoms with Crippen molar-refractivity contribution < 1.29 is 9.53 Å². The number of aromatic nitrogens is 1. The molecule has 1 N–H and O–H groups in total. The predicted octanol–water partition coefficient (Wildman–Crippen LogP) is 4.35. The molecule has 0 spiro atoms. The second-order valence-electron chi connectivity index (χ2n) is 6.19. The van der Waals surface area contributed by atoms with Crippen LogP contribution in [0.3, 0.4) is 0 Å². The number of amides is 1. The minimum absolute atomic E-state index is 0.209. The molecule has 2 aromatic carbocycles. The lowest BCUT2D eigenvalue weighted by molar-refractivity contribution is 0.102. The van der Waals surface area contributed by atoms with Gasteiger partial charge in [-0.1, -0.05) is 29.0 Å². The number of thiazole rings is 1. The summed E-state index contributed by atoms with van der Waals surface area (Å²) >= 11 is 7.58. The number of halogens is 1. The minimum atomic E-state index is -0.209. The molecule has 0 saturated carbocycles. The van der Waals surface area contributed by atoms with Crippen molar-refractivity contribution in [3.8, 4) is 0 Å². The van der Waals surface area contributed by atoms with Gasteiger partial charge < -0.3 is 9.64 Å². The van der Waals surface area contributed by atoms with Crippen molar-refractivity contribution in [1.82, 2.24) is 4.98 Å². The van der Waals surface area contributed by atoms with Crippen LogP contribution in [0, 0.1) is 6.92 Å². The Bertz CT molecular complexity index is 967. The maximum Gasteiger partial charge on any atom is 0.257 e. The number of benzene rings is 2. The molecule has 1 aliphatic rings. The average Bonchev–Trinajstić information content (AvgIpc) is 3.06. The van der Waals surface area contributed by atoms with Gasteiger partial charge in [-0.15, -0.1) is 0 Å². The van der Waals surface area contributed by atoms with Crippen molar-refractivity contribution in [2.45, 2.75) is 6.92 Å². The molecule has 7 heteroatoms. The first-order valence-electron chi connectivity index (χ1n) is 8.41. The molecule has 3 aromatic rings. The average molecular weight is 388 g/mol. The Balaban J connectivity index is 1.55. The van der Waals surface area contributed by atoms with Crippen LogP contribution in [0.5, 0.6) is 0 Å². The van der Waals surface area contributed by atoms with Gasteiger partial charge in [0.2, 0.25) is 0 Å². The fraction of sp³-hybridized carbons (Fsp3) is 0.263. The molecule has 134 valence electrons. The molecule has 1 aliphatic heterocycles. The van der Waals surface area contributed by atoms with Crippen molar-refractivity contribution in [2.75, 3.05) is 36.5 Å². The zero-order valence-corrected chi connectivity index (χ0v) is 15.9. The summed E-state index contributed by atoms with van der Waals surface area (Å²) in [6.45, 7) is 5.19. The van der Waals surface area contributed by atoms with Crippen LogP contribution in [-0.4, -0.2) is 37.2 Å². The highest BCUT2D eigenvalue weighted by Gasteiger charge is 2.14. The number of aryl methyl sites for hydroxylation is 1. The van der Waals surface area contributed by atoms with Gasteiger partial charge in [0.1, 0.15) is 0 Å². The van der Waals surface area contributed by atoms with Gasteiger partial charge in [0.05, 0.1) is 23.4 Å². The molecule has 0 radical (unpaired) electrons. The monoisotopic (exact) mass is 387 g/mol. The van der Waals surface area contributed by atoms with Crippen LogP contribution in [0.2, 0.25) is 5.02 Å². The molecule has 1 amide bonds. The molecular weight excluding hydrogens is 370 g/mol. The number of anilines is 2. The number of ether oxygens (including phenoxy) is 1. The molecule has 5 nitrogen and oxygen atoms in total. The maximum atomic E-state index is 12.4. The van der Waals surface area contributed by atoms with Crippen molar-refractivity contribution in [3.05, 3.63) is 52.5 Å². The van der Waals surface area contributed by atoms with E-state index in [0.29, 0.717) is 15.7 Å². The summed E-state index contributed by atoms with van der Waals surface area (Å²) in [5.74, 6) is -0.209. The number of morpholine rings is 1. The van der Waals surface area contributed by atoms with Gasteiger partial charge in [-0.3, -0.25) is 10.1 Å². The summed E-state index contributed by atoms with van der Waals surface area (Å²) in [4.78, 5) is 19.3. The van der Waals surface area contributed by atoms with E-state index in [1.807, 2.05) is 19.1 Å². The zero-order valence-electron chi connectivity index (χ0n) is 14.3. The van der Waals surface area contributed by atoms with E-state index in [2.05, 4.69) is 27.3 Å². The summed E-state index contributed by atoms with van der Waals surface area (Å²) in [5, 5.41) is 4.03. The lowest BCUT2D eigenvalue weighted by atomic mass is 10.1. The second-order valence-corrected chi connectivity index (χ2v) is 7.63. The second kappa shape index (κ2) is 7.23. The highest BCUT2D eigenvalue weighted by molar-refractivity contribution is 7.22. The van der Waals surface area contributed by atoms with Gasteiger partial charge >= 0.3 is 0 Å². The third kappa shape index (κ3) is 3.53. The van der Waals surface area contributed by atoms with Crippen LogP contribution in [0.4, 0.5) is 10.8 Å². The molecule has 1 fully saturated rings. The van der Waals surface area contributed by atoms with Gasteiger partial charge in [-0.25, -0.2) is 4.98 Å². The number of rotatable bonds is 3. The molecule has 0 aliphatic carbocycles. The Labute approximate surface area is 160 Å². The summed E-state index contributed by atoms with van der Waals surface area (Å²) in [6, 6.07) is 11.5. The van der Waals surface area contributed by atoms with E-state index in [-0.39, 0.29) is 5.91 Å². The highest BCUT2D eigenvalue weighted by atomic mass is 35.5. The van der Waals surface area contributed by atoms with Crippen LogP contribution >= 0.6 is 22.9 Å². The third-order valence-corrected chi connectivity index (χ3v) is 5.74. The summed E-state index contributed by atoms with van der Waals surface area (Å²) in [5.41, 5.74) is 3.50. The Kier molecular flexibility index (Phi) is 4.80. The Hall–Kier alpha value is -2.15. The van der Waals surface area contributed by atoms with E-state index in [9.17, 15) is 4.79 Å². The van der Waals surface area contributed by atoms with E-state index in [4.69, 9.17) is 16.3 Å². The molecule has 26 heavy (non-hydrogen) atoms. The molecule has 0 atom stereocenters. The fourth-order valence-corrected chi connectivity index (χ4v) is 3.96. The SMILES string of the molecule is Cc1ccc(C(=O)Nc2nc3ccc(N4CCOCC4)cc3s2)cc1Cl. The smallest absolute Gasteiger partial charge is 0.257 e. The first kappa shape index (κ1) is 17.3. The van der Waals surface area contributed by atoms with Crippen molar-refractivity contribution in [1.29, 1.82) is 0 Å². The Morgan fingerprint density at radius 1 is 1.23 bits per heavy atom. The first-order valence-corrected chi connectivity index (χ1v) is 9.60. The lowest BCUT2D eigenvalue weighted by Crippen LogP contribution is -2.36. The first-order chi connectivity index (χ1) is 12.6. The van der Waals surface area contributed by atoms with Crippen molar-refractivity contribution in [2.24, 2.45) is 0 Å². The Morgan fingerprint density at radius 3 is 2.81 bits per heavy atom. The number of carbonyl (C=O) groups excluding carboxylic acids is 1. The van der Waals surface area contributed by atoms with Gasteiger partial charge in [0, 0.05) is 29.4 Å². The molecule has 4 rings (SSSR count). The fourth-order valence-electron chi connectivity index (χ4n) is 2.89. The quantitative estimate of drug-likeness (QED) is 0.726. The number of nitrogens with one attached hydrogen (secondary N) is 1. The molecule has 0 bridgehead atoms. The highest BCUT2D eigenvalue weighted by Crippen LogP contribution is 2.30. The largest absolute Gasteiger partial charge is 0.378 e. The number of nitrogens with zero attached hydrogens (tertiary/aromatic N) is 2. The number of hydrogen-bond donors (Lipinski definition) is 1. The van der Waals surface area contributed by atoms with Crippen molar-refractivity contribution in [3.63, 3.8) is 0 Å². The molecule has 0 unspecified atom stereocenters. The van der Waals surface area contributed by atoms with Crippen molar-refractivity contribution >= 4 is 49.9 Å². The van der Waals surface area contributed by atoms with Gasteiger partial charge in [-0.2, -0.15) is 0 Å². The molecule has 1 saturated heterocycles. The lowest BCUT2D eigenvalue weighted by Gasteiger charge is -2.28. The minimum Gasteiger partial charge on any atom is -0.378 e. The van der Waals surface area contributed by atoms with Crippen LogP contribution in [0.1, 0.15) is 15.9 Å². The van der Waals surface area contributed by atoms with Crippen LogP contribution in [-0.2, 0) is 4.74 Å². The molecule has 2 heterocycles. The number of carbonyl (C=O) groups is 1. The van der Waals surface area contributed by atoms with E-state index < -0.39 is 0 Å². The van der Waals surface area contributed by atoms with E-state index in [1.165, 1.54) is 11.3 Å². The predicted molar refractivity (Wildman–Crippen MR) is 107 cm³/mol. The number of hydrogen-bond acceptors (Lipinski definition) is 5. The van der Waals surface area contributed by atoms with E-state index in [1.54, 1.807) is 12.1 Å². The number of fused-ring (bicyclic) bond motifs is 1. The zero-order chi connectivity index (χ0) is 18.1. The van der Waals surface area contributed by atoms with Gasteiger partial charge in [0.15, 0.2) is 5.13 Å². The van der Waals surface area contributed by atoms with Crippen LogP contribution in [0.25, 0.3) is 10.2 Å². The Morgan fingerprint density at radius 2 is 2.04 bits per heavy atom. The maximum absolute atomic E-state index is 12.4. The van der Waals surface area contributed by atoms with E-state index >= 15 is 0 Å². The van der Waals surface area contributed by atoms with Crippen LogP contribution in [0.15, 0.2) is 36.4 Å². The summed E-state index contributed by atoms with van der Waals surface area (Å²) in [7, 11) is 0. The van der Waals surface area contributed by atoms with Crippen LogP contribution < -0.4 is 10.2 Å². The van der Waals surface area contributed by atoms with Gasteiger partial charge in [-0.05, 0) is 42.8 Å². The van der Waals surface area contributed by atoms with E-state index in [0.717, 1.165) is 47.8 Å².